The van der Waals surface area contributed by atoms with E-state index in [-0.39, 0.29) is 5.91 Å². The second kappa shape index (κ2) is 10.0. The van der Waals surface area contributed by atoms with Crippen molar-refractivity contribution in [3.63, 3.8) is 0 Å². The smallest absolute Gasteiger partial charge is 0.416 e. The molecule has 32 heavy (non-hydrogen) atoms. The van der Waals surface area contributed by atoms with Crippen LogP contribution in [0.15, 0.2) is 36.4 Å². The number of anilines is 1. The molecule has 0 spiro atoms. The summed E-state index contributed by atoms with van der Waals surface area (Å²) in [7, 11) is 4.61. The molecule has 174 valence electrons. The zero-order valence-corrected chi connectivity index (χ0v) is 18.4. The van der Waals surface area contributed by atoms with Crippen molar-refractivity contribution >= 4 is 11.6 Å². The van der Waals surface area contributed by atoms with Crippen molar-refractivity contribution in [1.29, 1.82) is 0 Å². The van der Waals surface area contributed by atoms with Crippen LogP contribution in [-0.2, 0) is 17.4 Å². The van der Waals surface area contributed by atoms with Gasteiger partial charge in [0.25, 0.3) is 0 Å². The molecule has 9 heteroatoms. The van der Waals surface area contributed by atoms with Crippen LogP contribution in [-0.4, -0.2) is 58.3 Å². The van der Waals surface area contributed by atoms with Gasteiger partial charge in [-0.05, 0) is 42.3 Å². The molecule has 3 rings (SSSR count). The third kappa shape index (κ3) is 5.38. The summed E-state index contributed by atoms with van der Waals surface area (Å²) >= 11 is 0. The Labute approximate surface area is 185 Å². The number of halogens is 3. The lowest BCUT2D eigenvalue weighted by Gasteiger charge is -2.36. The van der Waals surface area contributed by atoms with Crippen LogP contribution < -0.4 is 19.1 Å². The molecule has 1 fully saturated rings. The molecule has 0 atom stereocenters. The maximum absolute atomic E-state index is 13.0. The molecule has 1 aliphatic rings. The van der Waals surface area contributed by atoms with Crippen molar-refractivity contribution in [3.05, 3.63) is 47.5 Å². The lowest BCUT2D eigenvalue weighted by atomic mass is 10.1. The number of piperazine rings is 1. The third-order valence-electron chi connectivity index (χ3n) is 5.52. The molecule has 1 saturated heterocycles. The fourth-order valence-corrected chi connectivity index (χ4v) is 3.78. The minimum atomic E-state index is -4.37. The Morgan fingerprint density at radius 3 is 2.09 bits per heavy atom. The number of amides is 1. The van der Waals surface area contributed by atoms with E-state index in [4.69, 9.17) is 14.2 Å². The van der Waals surface area contributed by atoms with E-state index in [0.29, 0.717) is 62.0 Å². The highest BCUT2D eigenvalue weighted by atomic mass is 19.4. The molecule has 0 aromatic heterocycles. The maximum Gasteiger partial charge on any atom is 0.416 e. The number of ether oxygens (including phenoxy) is 3. The van der Waals surface area contributed by atoms with Crippen LogP contribution in [0.25, 0.3) is 0 Å². The highest BCUT2D eigenvalue weighted by molar-refractivity contribution is 5.77. The summed E-state index contributed by atoms with van der Waals surface area (Å²) in [6, 6.07) is 8.93. The van der Waals surface area contributed by atoms with Gasteiger partial charge >= 0.3 is 6.18 Å². The van der Waals surface area contributed by atoms with Gasteiger partial charge < -0.3 is 24.0 Å². The van der Waals surface area contributed by atoms with Crippen molar-refractivity contribution in [2.45, 2.75) is 19.0 Å². The standard InChI is InChI=1S/C23H27F3N2O4/c1-30-19-13-16(14-20(31-2)22(19)32-3)7-8-21(29)28-11-9-27(10-12-28)18-6-4-5-17(15-18)23(24,25)26/h4-6,13-15H,7-12H2,1-3H3. The second-order valence-electron chi connectivity index (χ2n) is 7.45. The Morgan fingerprint density at radius 1 is 0.938 bits per heavy atom. The number of rotatable bonds is 7. The monoisotopic (exact) mass is 452 g/mol. The van der Waals surface area contributed by atoms with E-state index in [1.165, 1.54) is 27.4 Å². The number of methoxy groups -OCH3 is 3. The van der Waals surface area contributed by atoms with Crippen LogP contribution in [0.2, 0.25) is 0 Å². The summed E-state index contributed by atoms with van der Waals surface area (Å²) in [6.07, 6.45) is -3.56. The molecule has 1 amide bonds. The molecule has 0 radical (unpaired) electrons. The fourth-order valence-electron chi connectivity index (χ4n) is 3.78. The first-order chi connectivity index (χ1) is 15.3. The molecule has 0 bridgehead atoms. The van der Waals surface area contributed by atoms with Gasteiger partial charge in [0.1, 0.15) is 0 Å². The number of aryl methyl sites for hydroxylation is 1. The van der Waals surface area contributed by atoms with Crippen LogP contribution in [0.1, 0.15) is 17.5 Å². The van der Waals surface area contributed by atoms with E-state index in [0.717, 1.165) is 17.7 Å². The first-order valence-corrected chi connectivity index (χ1v) is 10.3. The largest absolute Gasteiger partial charge is 0.493 e. The summed E-state index contributed by atoms with van der Waals surface area (Å²) < 4.78 is 54.9. The van der Waals surface area contributed by atoms with Crippen LogP contribution in [0.4, 0.5) is 18.9 Å². The average molecular weight is 452 g/mol. The fraction of sp³-hybridized carbons (Fsp3) is 0.435. The average Bonchev–Trinajstić information content (AvgIpc) is 2.81. The third-order valence-corrected chi connectivity index (χ3v) is 5.52. The second-order valence-corrected chi connectivity index (χ2v) is 7.45. The van der Waals surface area contributed by atoms with Gasteiger partial charge in [0.05, 0.1) is 26.9 Å². The van der Waals surface area contributed by atoms with Gasteiger partial charge in [0, 0.05) is 38.3 Å². The van der Waals surface area contributed by atoms with Gasteiger partial charge in [-0.2, -0.15) is 13.2 Å². The van der Waals surface area contributed by atoms with Crippen LogP contribution >= 0.6 is 0 Å². The van der Waals surface area contributed by atoms with E-state index >= 15 is 0 Å². The summed E-state index contributed by atoms with van der Waals surface area (Å²) in [5.74, 6) is 1.56. The van der Waals surface area contributed by atoms with Gasteiger partial charge in [-0.3, -0.25) is 4.79 Å². The van der Waals surface area contributed by atoms with Crippen molar-refractivity contribution in [3.8, 4) is 17.2 Å². The zero-order valence-electron chi connectivity index (χ0n) is 18.4. The molecule has 1 heterocycles. The zero-order chi connectivity index (χ0) is 23.3. The molecular weight excluding hydrogens is 425 g/mol. The summed E-state index contributed by atoms with van der Waals surface area (Å²) in [4.78, 5) is 16.3. The summed E-state index contributed by atoms with van der Waals surface area (Å²) in [6.45, 7) is 1.89. The molecule has 0 N–H and O–H groups in total. The molecule has 2 aromatic rings. The first kappa shape index (κ1) is 23.6. The van der Waals surface area contributed by atoms with Crippen molar-refractivity contribution < 1.29 is 32.2 Å². The predicted octanol–water partition coefficient (Wildman–Crippen LogP) is 4.01. The summed E-state index contributed by atoms with van der Waals surface area (Å²) in [5, 5.41) is 0. The molecule has 1 aliphatic heterocycles. The number of hydrogen-bond acceptors (Lipinski definition) is 5. The highest BCUT2D eigenvalue weighted by Crippen LogP contribution is 2.38. The SMILES string of the molecule is COc1cc(CCC(=O)N2CCN(c3cccc(C(F)(F)F)c3)CC2)cc(OC)c1OC. The van der Waals surface area contributed by atoms with Gasteiger partial charge in [-0.25, -0.2) is 0 Å². The minimum absolute atomic E-state index is 0.00226. The molecule has 0 aliphatic carbocycles. The number of carbonyl (C=O) groups is 1. The van der Waals surface area contributed by atoms with E-state index in [2.05, 4.69) is 0 Å². The molecular formula is C23H27F3N2O4. The number of alkyl halides is 3. The van der Waals surface area contributed by atoms with E-state index in [1.54, 1.807) is 11.0 Å². The predicted molar refractivity (Wildman–Crippen MR) is 115 cm³/mol. The van der Waals surface area contributed by atoms with Crippen LogP contribution in [0.3, 0.4) is 0 Å². The molecule has 2 aromatic carbocycles. The van der Waals surface area contributed by atoms with Gasteiger partial charge in [0.15, 0.2) is 11.5 Å². The Balaban J connectivity index is 1.58. The van der Waals surface area contributed by atoms with E-state index in [1.807, 2.05) is 17.0 Å². The number of benzene rings is 2. The van der Waals surface area contributed by atoms with E-state index in [9.17, 15) is 18.0 Å². The quantitative estimate of drug-likeness (QED) is 0.636. The normalized spacial score (nSPS) is 14.3. The van der Waals surface area contributed by atoms with E-state index < -0.39 is 11.7 Å². The lowest BCUT2D eigenvalue weighted by molar-refractivity contribution is -0.137. The van der Waals surface area contributed by atoms with Crippen molar-refractivity contribution in [2.24, 2.45) is 0 Å². The number of nitrogens with zero attached hydrogens (tertiary/aromatic N) is 2. The molecule has 0 saturated carbocycles. The van der Waals surface area contributed by atoms with Crippen molar-refractivity contribution in [1.82, 2.24) is 4.90 Å². The molecule has 6 nitrogen and oxygen atoms in total. The lowest BCUT2D eigenvalue weighted by Crippen LogP contribution is -2.48. The Hall–Kier alpha value is -3.10. The Kier molecular flexibility index (Phi) is 7.37. The topological polar surface area (TPSA) is 51.2 Å². The first-order valence-electron chi connectivity index (χ1n) is 10.3. The Bertz CT molecular complexity index is 916. The molecule has 0 unspecified atom stereocenters. The number of hydrogen-bond donors (Lipinski definition) is 0. The van der Waals surface area contributed by atoms with Gasteiger partial charge in [-0.15, -0.1) is 0 Å². The van der Waals surface area contributed by atoms with Crippen LogP contribution in [0.5, 0.6) is 17.2 Å². The van der Waals surface area contributed by atoms with Gasteiger partial charge in [0.2, 0.25) is 11.7 Å². The number of carbonyl (C=O) groups excluding carboxylic acids is 1. The van der Waals surface area contributed by atoms with Crippen molar-refractivity contribution in [2.75, 3.05) is 52.4 Å². The Morgan fingerprint density at radius 2 is 1.56 bits per heavy atom. The van der Waals surface area contributed by atoms with Gasteiger partial charge in [-0.1, -0.05) is 6.07 Å². The maximum atomic E-state index is 13.0. The van der Waals surface area contributed by atoms with Crippen LogP contribution in [0, 0.1) is 0 Å². The summed E-state index contributed by atoms with van der Waals surface area (Å²) in [5.41, 5.74) is 0.735. The highest BCUT2D eigenvalue weighted by Gasteiger charge is 2.31. The minimum Gasteiger partial charge on any atom is -0.493 e.